The summed E-state index contributed by atoms with van der Waals surface area (Å²) in [7, 11) is 0. The number of benzene rings is 1. The fraction of sp³-hybridized carbons (Fsp3) is 0.474. The molecule has 0 saturated carbocycles. The lowest BCUT2D eigenvalue weighted by Crippen LogP contribution is -2.45. The molecule has 0 aromatic heterocycles. The van der Waals surface area contributed by atoms with Crippen molar-refractivity contribution in [3.63, 3.8) is 0 Å². The third-order valence-corrected chi connectivity index (χ3v) is 3.82. The van der Waals surface area contributed by atoms with Gasteiger partial charge in [0.15, 0.2) is 0 Å². The van der Waals surface area contributed by atoms with Crippen molar-refractivity contribution in [2.45, 2.75) is 58.2 Å². The Hall–Kier alpha value is -2.39. The van der Waals surface area contributed by atoms with Crippen LogP contribution < -0.4 is 5.32 Å². The quantitative estimate of drug-likeness (QED) is 0.678. The molecule has 2 rings (SSSR count). The lowest BCUT2D eigenvalue weighted by atomic mass is 9.87. The second kappa shape index (κ2) is 7.45. The fourth-order valence-corrected chi connectivity index (χ4v) is 2.78. The van der Waals surface area contributed by atoms with Gasteiger partial charge in [-0.3, -0.25) is 0 Å². The Morgan fingerprint density at radius 2 is 2.12 bits per heavy atom. The predicted octanol–water partition coefficient (Wildman–Crippen LogP) is 3.77. The largest absolute Gasteiger partial charge is 0.444 e. The molecule has 0 aliphatic heterocycles. The first kappa shape index (κ1) is 18.0. The van der Waals surface area contributed by atoms with Crippen molar-refractivity contribution in [3.8, 4) is 0 Å². The number of amides is 1. The molecule has 0 unspecified atom stereocenters. The van der Waals surface area contributed by atoms with Crippen molar-refractivity contribution in [2.75, 3.05) is 0 Å². The number of carbonyl (C=O) groups excluding carboxylic acids is 2. The number of carbonyl (C=O) groups is 1. The maximum atomic E-state index is 12.0. The average Bonchev–Trinajstić information content (AvgIpc) is 2.47. The van der Waals surface area contributed by atoms with Crippen LogP contribution in [0.5, 0.6) is 0 Å². The zero-order chi connectivity index (χ0) is 17.7. The maximum absolute atomic E-state index is 12.0. The first-order valence-electron chi connectivity index (χ1n) is 8.11. The van der Waals surface area contributed by atoms with Crippen LogP contribution in [0.3, 0.4) is 0 Å². The van der Waals surface area contributed by atoms with Gasteiger partial charge in [-0.1, -0.05) is 35.9 Å². The Labute approximate surface area is 142 Å². The van der Waals surface area contributed by atoms with E-state index in [2.05, 4.69) is 22.5 Å². The number of rotatable bonds is 3. The fourth-order valence-electron chi connectivity index (χ4n) is 2.78. The third-order valence-electron chi connectivity index (χ3n) is 3.82. The van der Waals surface area contributed by atoms with E-state index in [4.69, 9.17) is 4.74 Å². The van der Waals surface area contributed by atoms with Crippen molar-refractivity contribution in [2.24, 2.45) is 4.99 Å². The Morgan fingerprint density at radius 1 is 1.38 bits per heavy atom. The maximum Gasteiger partial charge on any atom is 0.407 e. The molecule has 0 saturated heterocycles. The number of alkyl carbamates (subject to hydrolysis) is 1. The van der Waals surface area contributed by atoms with E-state index in [9.17, 15) is 9.59 Å². The molecule has 24 heavy (non-hydrogen) atoms. The van der Waals surface area contributed by atoms with Crippen LogP contribution in [0.15, 0.2) is 35.3 Å². The van der Waals surface area contributed by atoms with Gasteiger partial charge in [0.2, 0.25) is 6.08 Å². The minimum absolute atomic E-state index is 0.269. The molecule has 1 amide bonds. The highest BCUT2D eigenvalue weighted by Crippen LogP contribution is 2.29. The van der Waals surface area contributed by atoms with Crippen LogP contribution in [0.4, 0.5) is 4.79 Å². The normalized spacial score (nSPS) is 20.6. The zero-order valence-corrected chi connectivity index (χ0v) is 14.6. The van der Waals surface area contributed by atoms with E-state index in [-0.39, 0.29) is 12.1 Å². The molecule has 0 bridgehead atoms. The van der Waals surface area contributed by atoms with Gasteiger partial charge < -0.3 is 10.1 Å². The number of nitrogens with one attached hydrogen (secondary N) is 1. The summed E-state index contributed by atoms with van der Waals surface area (Å²) in [5.41, 5.74) is 2.87. The second-order valence-electron chi connectivity index (χ2n) is 7.08. The van der Waals surface area contributed by atoms with Gasteiger partial charge in [-0.2, -0.15) is 0 Å². The predicted molar refractivity (Wildman–Crippen MR) is 93.5 cm³/mol. The Kier molecular flexibility index (Phi) is 5.58. The number of aliphatic imine (C=N–C) groups is 1. The van der Waals surface area contributed by atoms with Crippen molar-refractivity contribution >= 4 is 17.7 Å². The summed E-state index contributed by atoms with van der Waals surface area (Å²) in [5, 5.41) is 2.82. The van der Waals surface area contributed by atoms with Gasteiger partial charge in [0, 0.05) is 0 Å². The van der Waals surface area contributed by atoms with Crippen molar-refractivity contribution in [1.82, 2.24) is 5.32 Å². The standard InChI is InChI=1S/C19H24N2O3/c1-13-6-5-7-14(10-13)15-8-9-16(17(11-15)20-12-22)21-18(23)24-19(2,3)4/h5-8,10,16-17H,9,11H2,1-4H3,(H,21,23)/t16-,17-/m0/s1. The Balaban J connectivity index is 2.14. The van der Waals surface area contributed by atoms with Gasteiger partial charge in [-0.15, -0.1) is 0 Å². The van der Waals surface area contributed by atoms with Crippen molar-refractivity contribution in [3.05, 3.63) is 41.5 Å². The van der Waals surface area contributed by atoms with E-state index in [1.54, 1.807) is 6.08 Å². The average molecular weight is 328 g/mol. The number of hydrogen-bond acceptors (Lipinski definition) is 4. The smallest absolute Gasteiger partial charge is 0.407 e. The van der Waals surface area contributed by atoms with Gasteiger partial charge >= 0.3 is 6.09 Å². The molecule has 1 N–H and O–H groups in total. The van der Waals surface area contributed by atoms with Crippen molar-refractivity contribution in [1.29, 1.82) is 0 Å². The van der Waals surface area contributed by atoms with Crippen LogP contribution in [0, 0.1) is 6.92 Å². The summed E-state index contributed by atoms with van der Waals surface area (Å²) in [6.45, 7) is 7.47. The summed E-state index contributed by atoms with van der Waals surface area (Å²) in [5.74, 6) is 0. The van der Waals surface area contributed by atoms with Gasteiger partial charge in [0.1, 0.15) is 5.60 Å². The number of nitrogens with zero attached hydrogens (tertiary/aromatic N) is 1. The Bertz CT molecular complexity index is 682. The molecule has 5 heteroatoms. The van der Waals surface area contributed by atoms with Crippen LogP contribution in [0.1, 0.15) is 44.7 Å². The highest BCUT2D eigenvalue weighted by Gasteiger charge is 2.29. The number of hydrogen-bond donors (Lipinski definition) is 1. The number of isocyanates is 1. The minimum atomic E-state index is -0.565. The molecule has 2 atom stereocenters. The second-order valence-corrected chi connectivity index (χ2v) is 7.08. The summed E-state index contributed by atoms with van der Waals surface area (Å²) in [4.78, 5) is 26.7. The number of ether oxygens (including phenoxy) is 1. The topological polar surface area (TPSA) is 67.8 Å². The van der Waals surface area contributed by atoms with Crippen LogP contribution in [0.2, 0.25) is 0 Å². The van der Waals surface area contributed by atoms with Crippen LogP contribution in [-0.4, -0.2) is 29.9 Å². The van der Waals surface area contributed by atoms with Gasteiger partial charge in [0.25, 0.3) is 0 Å². The molecule has 0 heterocycles. The highest BCUT2D eigenvalue weighted by molar-refractivity contribution is 5.71. The molecule has 1 aromatic rings. The van der Waals surface area contributed by atoms with E-state index >= 15 is 0 Å². The van der Waals surface area contributed by atoms with Gasteiger partial charge in [0.05, 0.1) is 12.1 Å². The van der Waals surface area contributed by atoms with E-state index in [1.165, 1.54) is 5.56 Å². The van der Waals surface area contributed by atoms with Crippen molar-refractivity contribution < 1.29 is 14.3 Å². The summed E-state index contributed by atoms with van der Waals surface area (Å²) >= 11 is 0. The van der Waals surface area contributed by atoms with Gasteiger partial charge in [-0.25, -0.2) is 14.6 Å². The van der Waals surface area contributed by atoms with E-state index in [1.807, 2.05) is 45.9 Å². The summed E-state index contributed by atoms with van der Waals surface area (Å²) in [6, 6.07) is 7.59. The van der Waals surface area contributed by atoms with Gasteiger partial charge in [-0.05, 0) is 51.7 Å². The first-order valence-corrected chi connectivity index (χ1v) is 8.11. The molecule has 1 aliphatic rings. The molecule has 0 fully saturated rings. The third kappa shape index (κ3) is 5.07. The van der Waals surface area contributed by atoms with Crippen LogP contribution in [0.25, 0.3) is 5.57 Å². The molecule has 0 spiro atoms. The molecular weight excluding hydrogens is 304 g/mol. The SMILES string of the molecule is Cc1cccc(C2=CC[C@H](NC(=O)OC(C)(C)C)[C@@H](N=C=O)C2)c1. The van der Waals surface area contributed by atoms with Crippen LogP contribution in [-0.2, 0) is 9.53 Å². The molecule has 5 nitrogen and oxygen atoms in total. The van der Waals surface area contributed by atoms with Crippen LogP contribution >= 0.6 is 0 Å². The Morgan fingerprint density at radius 3 is 2.75 bits per heavy atom. The van der Waals surface area contributed by atoms with E-state index in [0.29, 0.717) is 12.8 Å². The first-order chi connectivity index (χ1) is 11.3. The van der Waals surface area contributed by atoms with E-state index in [0.717, 1.165) is 11.1 Å². The molecule has 1 aromatic carbocycles. The lowest BCUT2D eigenvalue weighted by molar-refractivity contribution is 0.0496. The molecule has 128 valence electrons. The number of aryl methyl sites for hydroxylation is 1. The zero-order valence-electron chi connectivity index (χ0n) is 14.6. The molecular formula is C19H24N2O3. The minimum Gasteiger partial charge on any atom is -0.444 e. The lowest BCUT2D eigenvalue weighted by Gasteiger charge is -2.30. The van der Waals surface area contributed by atoms with E-state index < -0.39 is 11.7 Å². The summed E-state index contributed by atoms with van der Waals surface area (Å²) in [6.07, 6.45) is 4.40. The molecule has 1 aliphatic carbocycles. The summed E-state index contributed by atoms with van der Waals surface area (Å²) < 4.78 is 5.28. The monoisotopic (exact) mass is 328 g/mol. The highest BCUT2D eigenvalue weighted by atomic mass is 16.6. The molecule has 0 radical (unpaired) electrons.